The van der Waals surface area contributed by atoms with Gasteiger partial charge in [0.2, 0.25) is 17.7 Å². The van der Waals surface area contributed by atoms with E-state index in [4.69, 9.17) is 4.74 Å². The van der Waals surface area contributed by atoms with Crippen LogP contribution in [0, 0.1) is 11.8 Å². The van der Waals surface area contributed by atoms with Gasteiger partial charge >= 0.3 is 7.60 Å². The van der Waals surface area contributed by atoms with Gasteiger partial charge in [-0.05, 0) is 20.3 Å². The molecular weight excluding hydrogens is 375 g/mol. The summed E-state index contributed by atoms with van der Waals surface area (Å²) in [4.78, 5) is 56.9. The van der Waals surface area contributed by atoms with Gasteiger partial charge in [0.1, 0.15) is 5.60 Å². The molecule has 0 radical (unpaired) electrons. The second-order valence-electron chi connectivity index (χ2n) is 7.53. The molecule has 3 aliphatic rings. The summed E-state index contributed by atoms with van der Waals surface area (Å²) >= 11 is 0. The van der Waals surface area contributed by atoms with E-state index in [9.17, 15) is 28.7 Å². The number of nitrogens with zero attached hydrogens (tertiary/aromatic N) is 1. The standard InChI is InChI=1S/C17H23N2O7P/c1-10(2)13(20)18-7-8-19-14(21)11-12(15(19)22)17(6-9-27(23,24)25)5-4-16(11,3)26-17/h4-5,11-12H,1,6-9H2,2-3H3,(H,18,20)(H2,23,24,25). The van der Waals surface area contributed by atoms with Gasteiger partial charge in [0.05, 0.1) is 23.6 Å². The van der Waals surface area contributed by atoms with Crippen molar-refractivity contribution in [2.75, 3.05) is 19.3 Å². The zero-order chi connectivity index (χ0) is 20.2. The van der Waals surface area contributed by atoms with Gasteiger partial charge in [-0.25, -0.2) is 0 Å². The summed E-state index contributed by atoms with van der Waals surface area (Å²) in [5.74, 6) is -2.73. The maximum atomic E-state index is 12.9. The molecule has 3 rings (SSSR count). The number of carbonyl (C=O) groups is 3. The van der Waals surface area contributed by atoms with Crippen molar-refractivity contribution in [2.24, 2.45) is 11.8 Å². The first-order valence-corrected chi connectivity index (χ1v) is 10.4. The third-order valence-corrected chi connectivity index (χ3v) is 6.26. The number of imide groups is 1. The first-order valence-electron chi connectivity index (χ1n) is 8.64. The molecule has 9 nitrogen and oxygen atoms in total. The molecule has 27 heavy (non-hydrogen) atoms. The highest BCUT2D eigenvalue weighted by Gasteiger charge is 2.71. The molecule has 0 aromatic carbocycles. The lowest BCUT2D eigenvalue weighted by Crippen LogP contribution is -2.44. The van der Waals surface area contributed by atoms with E-state index in [0.717, 1.165) is 4.90 Å². The first kappa shape index (κ1) is 19.9. The Labute approximate surface area is 156 Å². The molecule has 4 unspecified atom stereocenters. The highest BCUT2D eigenvalue weighted by Crippen LogP contribution is 2.59. The topological polar surface area (TPSA) is 133 Å². The fraction of sp³-hybridized carbons (Fsp3) is 0.588. The third kappa shape index (κ3) is 3.29. The van der Waals surface area contributed by atoms with E-state index >= 15 is 0 Å². The predicted octanol–water partition coefficient (Wildman–Crippen LogP) is -0.0548. The molecule has 0 aromatic rings. The Morgan fingerprint density at radius 3 is 2.56 bits per heavy atom. The highest BCUT2D eigenvalue weighted by molar-refractivity contribution is 7.51. The summed E-state index contributed by atoms with van der Waals surface area (Å²) in [5, 5.41) is 2.58. The lowest BCUT2D eigenvalue weighted by atomic mass is 9.71. The van der Waals surface area contributed by atoms with E-state index in [1.165, 1.54) is 0 Å². The van der Waals surface area contributed by atoms with Gasteiger partial charge in [0, 0.05) is 18.7 Å². The molecule has 148 valence electrons. The van der Waals surface area contributed by atoms with Crippen molar-refractivity contribution in [2.45, 2.75) is 31.5 Å². The van der Waals surface area contributed by atoms with Gasteiger partial charge < -0.3 is 19.8 Å². The zero-order valence-electron chi connectivity index (χ0n) is 15.2. The lowest BCUT2D eigenvalue weighted by Gasteiger charge is -2.29. The normalized spacial score (nSPS) is 34.3. The Bertz CT molecular complexity index is 803. The molecule has 2 saturated heterocycles. The van der Waals surface area contributed by atoms with Crippen LogP contribution in [0.4, 0.5) is 0 Å². The SMILES string of the molecule is C=C(C)C(=O)NCCN1C(=O)C2C(C1=O)C1(CCP(=O)(O)O)C=CC2(C)O1. The van der Waals surface area contributed by atoms with Crippen LogP contribution in [0.25, 0.3) is 0 Å². The molecule has 3 heterocycles. The van der Waals surface area contributed by atoms with Gasteiger partial charge in [0.25, 0.3) is 0 Å². The average molecular weight is 398 g/mol. The number of hydrogen-bond donors (Lipinski definition) is 3. The monoisotopic (exact) mass is 398 g/mol. The Morgan fingerprint density at radius 2 is 1.96 bits per heavy atom. The Balaban J connectivity index is 1.77. The smallest absolute Gasteiger partial charge is 0.325 e. The molecule has 0 saturated carbocycles. The second kappa shape index (κ2) is 6.38. The van der Waals surface area contributed by atoms with Crippen molar-refractivity contribution >= 4 is 25.3 Å². The van der Waals surface area contributed by atoms with Crippen LogP contribution in [0.2, 0.25) is 0 Å². The molecule has 3 N–H and O–H groups in total. The van der Waals surface area contributed by atoms with Crippen LogP contribution < -0.4 is 5.32 Å². The molecule has 2 bridgehead atoms. The quantitative estimate of drug-likeness (QED) is 0.237. The van der Waals surface area contributed by atoms with Gasteiger partial charge in [-0.2, -0.15) is 0 Å². The molecular formula is C17H23N2O7P. The average Bonchev–Trinajstić information content (AvgIpc) is 3.13. The summed E-state index contributed by atoms with van der Waals surface area (Å²) in [6.45, 7) is 6.90. The molecule has 4 atom stereocenters. The van der Waals surface area contributed by atoms with Crippen molar-refractivity contribution in [1.82, 2.24) is 10.2 Å². The minimum Gasteiger partial charge on any atom is -0.359 e. The van der Waals surface area contributed by atoms with Gasteiger partial charge in [-0.3, -0.25) is 23.8 Å². The minimum absolute atomic E-state index is 0.0222. The molecule has 0 aromatic heterocycles. The number of ether oxygens (including phenoxy) is 1. The van der Waals surface area contributed by atoms with Crippen LogP contribution >= 0.6 is 7.60 Å². The molecule has 3 amide bonds. The van der Waals surface area contributed by atoms with Crippen molar-refractivity contribution in [3.63, 3.8) is 0 Å². The predicted molar refractivity (Wildman–Crippen MR) is 94.4 cm³/mol. The number of fused-ring (bicyclic) bond motifs is 5. The number of amides is 3. The van der Waals surface area contributed by atoms with E-state index < -0.39 is 42.7 Å². The van der Waals surface area contributed by atoms with Crippen molar-refractivity contribution in [3.05, 3.63) is 24.3 Å². The van der Waals surface area contributed by atoms with Crippen LogP contribution in [-0.4, -0.2) is 62.9 Å². The minimum atomic E-state index is -4.28. The van der Waals surface area contributed by atoms with Crippen molar-refractivity contribution in [1.29, 1.82) is 0 Å². The summed E-state index contributed by atoms with van der Waals surface area (Å²) in [6, 6.07) is 0. The lowest BCUT2D eigenvalue weighted by molar-refractivity contribution is -0.147. The Kier molecular flexibility index (Phi) is 4.71. The van der Waals surface area contributed by atoms with Gasteiger partial charge in [-0.1, -0.05) is 18.7 Å². The van der Waals surface area contributed by atoms with Crippen LogP contribution in [0.3, 0.4) is 0 Å². The second-order valence-corrected chi connectivity index (χ2v) is 9.31. The zero-order valence-corrected chi connectivity index (χ0v) is 16.1. The van der Waals surface area contributed by atoms with E-state index in [0.29, 0.717) is 5.57 Å². The van der Waals surface area contributed by atoms with E-state index in [-0.39, 0.29) is 31.3 Å². The van der Waals surface area contributed by atoms with Crippen LogP contribution in [0.15, 0.2) is 24.3 Å². The number of nitrogens with one attached hydrogen (secondary N) is 1. The number of hydrogen-bond acceptors (Lipinski definition) is 5. The Morgan fingerprint density at radius 1 is 1.33 bits per heavy atom. The largest absolute Gasteiger partial charge is 0.359 e. The van der Waals surface area contributed by atoms with Gasteiger partial charge in [0.15, 0.2) is 0 Å². The van der Waals surface area contributed by atoms with Crippen LogP contribution in [0.5, 0.6) is 0 Å². The molecule has 3 aliphatic heterocycles. The number of likely N-dealkylation sites (tertiary alicyclic amines) is 1. The van der Waals surface area contributed by atoms with Crippen molar-refractivity contribution in [3.8, 4) is 0 Å². The molecule has 10 heteroatoms. The molecule has 2 fully saturated rings. The van der Waals surface area contributed by atoms with Crippen LogP contribution in [-0.2, 0) is 23.7 Å². The molecule has 0 aliphatic carbocycles. The van der Waals surface area contributed by atoms with Crippen molar-refractivity contribution < 1.29 is 33.5 Å². The fourth-order valence-corrected chi connectivity index (χ4v) is 4.82. The van der Waals surface area contributed by atoms with E-state index in [1.54, 1.807) is 26.0 Å². The summed E-state index contributed by atoms with van der Waals surface area (Å²) in [7, 11) is -4.28. The first-order chi connectivity index (χ1) is 12.4. The summed E-state index contributed by atoms with van der Waals surface area (Å²) in [5.41, 5.74) is -1.85. The maximum Gasteiger partial charge on any atom is 0.325 e. The number of carbonyl (C=O) groups excluding carboxylic acids is 3. The summed E-state index contributed by atoms with van der Waals surface area (Å²) in [6.07, 6.45) is 2.86. The fourth-order valence-electron chi connectivity index (χ4n) is 4.18. The number of rotatable bonds is 7. The third-order valence-electron chi connectivity index (χ3n) is 5.45. The molecule has 0 spiro atoms. The van der Waals surface area contributed by atoms with E-state index in [2.05, 4.69) is 11.9 Å². The highest BCUT2D eigenvalue weighted by atomic mass is 31.2. The van der Waals surface area contributed by atoms with E-state index in [1.807, 2.05) is 0 Å². The Hall–Kier alpha value is -1.80. The van der Waals surface area contributed by atoms with Crippen LogP contribution in [0.1, 0.15) is 20.3 Å². The van der Waals surface area contributed by atoms with Gasteiger partial charge in [-0.15, -0.1) is 0 Å². The maximum absolute atomic E-state index is 12.9. The summed E-state index contributed by atoms with van der Waals surface area (Å²) < 4.78 is 17.3.